The van der Waals surface area contributed by atoms with Gasteiger partial charge in [0.25, 0.3) is 9.84 Å². The lowest BCUT2D eigenvalue weighted by Crippen LogP contribution is -2.35. The van der Waals surface area contributed by atoms with Gasteiger partial charge in [-0.15, -0.1) is 0 Å². The molecule has 1 N–H and O–H groups in total. The summed E-state index contributed by atoms with van der Waals surface area (Å²) < 4.78 is 25.6. The van der Waals surface area contributed by atoms with Crippen molar-refractivity contribution in [1.82, 2.24) is 0 Å². The molecular weight excluding hydrogens is 368 g/mol. The number of aliphatic hydroxyl groups excluding tert-OH is 1. The number of diazo groups is 1. The van der Waals surface area contributed by atoms with Crippen LogP contribution in [0.5, 0.6) is 0 Å². The van der Waals surface area contributed by atoms with Crippen molar-refractivity contribution >= 4 is 15.5 Å². The number of benzene rings is 2. The third-order valence-electron chi connectivity index (χ3n) is 4.25. The molecule has 27 heavy (non-hydrogen) atoms. The molecule has 1 aliphatic heterocycles. The summed E-state index contributed by atoms with van der Waals surface area (Å²) >= 11 is 0. The zero-order valence-corrected chi connectivity index (χ0v) is 14.9. The van der Waals surface area contributed by atoms with Crippen molar-refractivity contribution < 1.29 is 13.5 Å². The van der Waals surface area contributed by atoms with Crippen LogP contribution in [0.1, 0.15) is 5.56 Å². The van der Waals surface area contributed by atoms with Crippen molar-refractivity contribution in [3.8, 4) is 0 Å². The Morgan fingerprint density at radius 1 is 1.22 bits per heavy atom. The summed E-state index contributed by atoms with van der Waals surface area (Å²) in [5.74, 6) is -0.732. The summed E-state index contributed by atoms with van der Waals surface area (Å²) in [5, 5.41) is 22.8. The van der Waals surface area contributed by atoms with E-state index in [9.17, 15) is 18.9 Å². The number of nitrogens with zero attached hydrogens (tertiary/aromatic N) is 6. The Bertz CT molecular complexity index is 1090. The van der Waals surface area contributed by atoms with Crippen LogP contribution in [0.2, 0.25) is 0 Å². The maximum Gasteiger partial charge on any atom is 0.538 e. The van der Waals surface area contributed by atoms with Gasteiger partial charge in [0.1, 0.15) is 0 Å². The van der Waals surface area contributed by atoms with Crippen LogP contribution in [-0.2, 0) is 16.3 Å². The number of rotatable bonds is 5. The summed E-state index contributed by atoms with van der Waals surface area (Å²) in [7, 11) is -4.27. The largest absolute Gasteiger partial charge is 0.538 e. The minimum Gasteiger partial charge on any atom is -0.488 e. The minimum absolute atomic E-state index is 0.000662. The molecule has 0 aromatic heterocycles. The fourth-order valence-corrected chi connectivity index (χ4v) is 4.24. The Kier molecular flexibility index (Phi) is 4.98. The lowest BCUT2D eigenvalue weighted by atomic mass is 10.1. The molecule has 2 aromatic rings. The van der Waals surface area contributed by atoms with Crippen LogP contribution in [0, 0.1) is 5.39 Å². The zero-order chi connectivity index (χ0) is 19.4. The topological polar surface area (TPSA) is 135 Å². The standard InChI is InChI=1S/C17H14N6O3S/c18-21-16(27(25,26)14-7-2-1-3-8-14)17(24)23-13(11-20-22-19)10-12-6-4-5-9-15(12)23/h1-9,13H,10-11H2/p+1/b17-16-. The first-order valence-corrected chi connectivity index (χ1v) is 9.45. The lowest BCUT2D eigenvalue weighted by molar-refractivity contribution is 0.375. The van der Waals surface area contributed by atoms with Gasteiger partial charge in [0.15, 0.2) is 4.98 Å². The summed E-state index contributed by atoms with van der Waals surface area (Å²) in [6, 6.07) is 13.9. The van der Waals surface area contributed by atoms with Crippen LogP contribution in [0.4, 0.5) is 5.69 Å². The normalized spacial score (nSPS) is 16.7. The first-order chi connectivity index (χ1) is 13.0. The van der Waals surface area contributed by atoms with E-state index in [1.54, 1.807) is 18.2 Å². The molecule has 1 heterocycles. The average Bonchev–Trinajstić information content (AvgIpc) is 3.05. The molecule has 0 radical (unpaired) electrons. The number of azide groups is 1. The molecule has 0 amide bonds. The number of sulfone groups is 1. The highest BCUT2D eigenvalue weighted by molar-refractivity contribution is 7.95. The molecule has 0 saturated heterocycles. The maximum atomic E-state index is 12.8. The van der Waals surface area contributed by atoms with E-state index in [2.05, 4.69) is 15.0 Å². The van der Waals surface area contributed by atoms with Gasteiger partial charge < -0.3 is 10.0 Å². The van der Waals surface area contributed by atoms with E-state index < -0.39 is 26.8 Å². The highest BCUT2D eigenvalue weighted by Crippen LogP contribution is 2.37. The predicted octanol–water partition coefficient (Wildman–Crippen LogP) is 3.74. The van der Waals surface area contributed by atoms with Crippen molar-refractivity contribution in [1.29, 1.82) is 5.39 Å². The van der Waals surface area contributed by atoms with E-state index in [0.717, 1.165) is 5.56 Å². The van der Waals surface area contributed by atoms with Gasteiger partial charge >= 0.3 is 10.9 Å². The van der Waals surface area contributed by atoms with Gasteiger partial charge in [-0.05, 0) is 35.7 Å². The fourth-order valence-electron chi connectivity index (χ4n) is 3.06. The van der Waals surface area contributed by atoms with Crippen LogP contribution in [0.3, 0.4) is 0 Å². The molecule has 9 nitrogen and oxygen atoms in total. The highest BCUT2D eigenvalue weighted by atomic mass is 32.2. The molecule has 0 fully saturated rings. The van der Waals surface area contributed by atoms with Gasteiger partial charge in [0, 0.05) is 23.2 Å². The zero-order valence-electron chi connectivity index (χ0n) is 14.0. The number of hydrogen-bond acceptors (Lipinski definition) is 6. The molecule has 1 atom stereocenters. The second-order valence-electron chi connectivity index (χ2n) is 5.82. The summed E-state index contributed by atoms with van der Waals surface area (Å²) in [4.78, 5) is 6.79. The molecule has 0 saturated carbocycles. The molecule has 0 spiro atoms. The number of fused-ring (bicyclic) bond motifs is 1. The van der Waals surface area contributed by atoms with Gasteiger partial charge in [-0.25, -0.2) is 8.42 Å². The number of anilines is 1. The van der Waals surface area contributed by atoms with Crippen LogP contribution in [-0.4, -0.2) is 26.1 Å². The SMILES string of the molecule is N#[N+]/C(=C(/O)N1c2ccccc2CC1CN=[N+]=[N-])S(=O)(=O)c1ccccc1. The molecule has 1 aliphatic rings. The van der Waals surface area contributed by atoms with Gasteiger partial charge in [0.05, 0.1) is 4.90 Å². The molecule has 1 unspecified atom stereocenters. The Balaban J connectivity index is 2.15. The van der Waals surface area contributed by atoms with Crippen molar-refractivity contribution in [3.05, 3.63) is 86.5 Å². The van der Waals surface area contributed by atoms with Gasteiger partial charge in [-0.1, -0.05) is 41.5 Å². The predicted molar refractivity (Wildman–Crippen MR) is 98.8 cm³/mol. The second kappa shape index (κ2) is 7.37. The molecule has 136 valence electrons. The Labute approximate surface area is 155 Å². The number of para-hydroxylation sites is 1. The Hall–Kier alpha value is -3.54. The fraction of sp³-hybridized carbons (Fsp3) is 0.176. The monoisotopic (exact) mass is 383 g/mol. The van der Waals surface area contributed by atoms with Crippen LogP contribution in [0.15, 0.2) is 75.5 Å². The van der Waals surface area contributed by atoms with Crippen LogP contribution < -0.4 is 4.90 Å². The third-order valence-corrected chi connectivity index (χ3v) is 5.91. The van der Waals surface area contributed by atoms with E-state index in [-0.39, 0.29) is 11.4 Å². The molecule has 2 aromatic carbocycles. The average molecular weight is 383 g/mol. The van der Waals surface area contributed by atoms with Crippen molar-refractivity contribution in [3.63, 3.8) is 0 Å². The number of aliphatic hydroxyl groups is 1. The molecular formula is C17H15N6O3S+. The number of hydrogen-bond donors (Lipinski definition) is 1. The van der Waals surface area contributed by atoms with E-state index in [1.807, 2.05) is 12.1 Å². The maximum absolute atomic E-state index is 12.8. The van der Waals surface area contributed by atoms with E-state index in [4.69, 9.17) is 5.53 Å². The Morgan fingerprint density at radius 2 is 1.89 bits per heavy atom. The molecule has 0 aliphatic carbocycles. The minimum atomic E-state index is -4.27. The second-order valence-corrected chi connectivity index (χ2v) is 7.68. The quantitative estimate of drug-likeness (QED) is 0.276. The van der Waals surface area contributed by atoms with E-state index >= 15 is 0 Å². The van der Waals surface area contributed by atoms with Crippen LogP contribution >= 0.6 is 0 Å². The Morgan fingerprint density at radius 3 is 2.56 bits per heavy atom. The smallest absolute Gasteiger partial charge is 0.488 e. The summed E-state index contributed by atoms with van der Waals surface area (Å²) in [5.41, 5.74) is 10.0. The first kappa shape index (κ1) is 18.3. The molecule has 3 rings (SSSR count). The van der Waals surface area contributed by atoms with Gasteiger partial charge in [-0.3, -0.25) is 0 Å². The molecule has 10 heteroatoms. The third kappa shape index (κ3) is 3.29. The summed E-state index contributed by atoms with van der Waals surface area (Å²) in [6.45, 7) is -0.000662. The highest BCUT2D eigenvalue weighted by Gasteiger charge is 2.43. The van der Waals surface area contributed by atoms with Crippen LogP contribution in [0.25, 0.3) is 15.4 Å². The van der Waals surface area contributed by atoms with Crippen molar-refractivity contribution in [2.45, 2.75) is 17.4 Å². The molecule has 0 bridgehead atoms. The van der Waals surface area contributed by atoms with Crippen molar-refractivity contribution in [2.24, 2.45) is 5.11 Å². The van der Waals surface area contributed by atoms with Crippen molar-refractivity contribution in [2.75, 3.05) is 11.4 Å². The lowest BCUT2D eigenvalue weighted by Gasteiger charge is -2.23. The van der Waals surface area contributed by atoms with Gasteiger partial charge in [0.2, 0.25) is 5.39 Å². The van der Waals surface area contributed by atoms with Gasteiger partial charge in [-0.2, -0.15) is 0 Å². The van der Waals surface area contributed by atoms with E-state index in [1.165, 1.54) is 29.2 Å². The summed E-state index contributed by atoms with van der Waals surface area (Å²) in [6.07, 6.45) is 0.434. The first-order valence-electron chi connectivity index (χ1n) is 7.97. The van der Waals surface area contributed by atoms with E-state index in [0.29, 0.717) is 12.1 Å².